The lowest BCUT2D eigenvalue weighted by Crippen LogP contribution is -2.54. The van der Waals surface area contributed by atoms with Gasteiger partial charge in [-0.2, -0.15) is 0 Å². The lowest BCUT2D eigenvalue weighted by Gasteiger charge is -2.27. The second-order valence-electron chi connectivity index (χ2n) is 8.08. The fraction of sp³-hybridized carbons (Fsp3) is 0.565. The number of imide groups is 2. The van der Waals surface area contributed by atoms with Gasteiger partial charge in [-0.1, -0.05) is 22.0 Å². The molecule has 2 aliphatic rings. The van der Waals surface area contributed by atoms with Gasteiger partial charge in [0.05, 0.1) is 74.6 Å². The average molecular weight is 605 g/mol. The predicted octanol–water partition coefficient (Wildman–Crippen LogP) is 0.323. The van der Waals surface area contributed by atoms with Gasteiger partial charge in [-0.05, 0) is 18.6 Å². The van der Waals surface area contributed by atoms with Gasteiger partial charge in [0.2, 0.25) is 11.8 Å². The first-order valence-corrected chi connectivity index (χ1v) is 14.5. The van der Waals surface area contributed by atoms with Gasteiger partial charge >= 0.3 is 0 Å². The van der Waals surface area contributed by atoms with Crippen LogP contribution in [0, 0.1) is 0 Å². The summed E-state index contributed by atoms with van der Waals surface area (Å²) in [6.07, 6.45) is -0.0539. The van der Waals surface area contributed by atoms with E-state index in [1.807, 2.05) is 0 Å². The van der Waals surface area contributed by atoms with Crippen molar-refractivity contribution in [3.8, 4) is 0 Å². The highest BCUT2D eigenvalue weighted by Gasteiger charge is 2.46. The van der Waals surface area contributed by atoms with E-state index < -0.39 is 45.3 Å². The van der Waals surface area contributed by atoms with Crippen LogP contribution in [-0.4, -0.2) is 107 Å². The maximum Gasteiger partial charge on any atom is 0.263 e. The third kappa shape index (κ3) is 7.65. The molecule has 204 valence electrons. The number of fused-ring (bicyclic) bond motifs is 1. The fourth-order valence-corrected chi connectivity index (χ4v) is 5.42. The van der Waals surface area contributed by atoms with Crippen molar-refractivity contribution in [2.75, 3.05) is 63.9 Å². The Morgan fingerprint density at radius 1 is 0.865 bits per heavy atom. The molecule has 1 aromatic carbocycles. The van der Waals surface area contributed by atoms with Crippen LogP contribution in [0.15, 0.2) is 23.1 Å². The minimum Gasteiger partial charge on any atom is -0.378 e. The second-order valence-corrected chi connectivity index (χ2v) is 11.0. The second kappa shape index (κ2) is 14.1. The number of carbonyl (C=O) groups excluding carboxylic acids is 4. The van der Waals surface area contributed by atoms with Crippen LogP contribution in [0.3, 0.4) is 0 Å². The number of sulfone groups is 1. The monoisotopic (exact) mass is 604 g/mol. The molecule has 1 aromatic rings. The summed E-state index contributed by atoms with van der Waals surface area (Å²) in [5.41, 5.74) is -0.361. The van der Waals surface area contributed by atoms with E-state index in [1.54, 1.807) is 0 Å². The first-order valence-electron chi connectivity index (χ1n) is 11.7. The highest BCUT2D eigenvalue weighted by atomic mass is 79.9. The number of benzene rings is 1. The van der Waals surface area contributed by atoms with E-state index in [9.17, 15) is 27.6 Å². The third-order valence-corrected chi connectivity index (χ3v) is 7.64. The fourth-order valence-electron chi connectivity index (χ4n) is 3.84. The molecule has 0 saturated carbocycles. The zero-order chi connectivity index (χ0) is 26.8. The molecule has 1 fully saturated rings. The smallest absolute Gasteiger partial charge is 0.263 e. The van der Waals surface area contributed by atoms with E-state index in [4.69, 9.17) is 18.9 Å². The Bertz CT molecular complexity index is 1110. The van der Waals surface area contributed by atoms with Crippen molar-refractivity contribution in [3.05, 3.63) is 29.3 Å². The molecule has 14 heteroatoms. The number of hydrogen-bond donors (Lipinski definition) is 1. The Kier molecular flexibility index (Phi) is 11.2. The lowest BCUT2D eigenvalue weighted by molar-refractivity contribution is -0.136. The number of carbonyl (C=O) groups is 4. The van der Waals surface area contributed by atoms with Crippen LogP contribution in [0.5, 0.6) is 0 Å². The zero-order valence-corrected chi connectivity index (χ0v) is 22.5. The highest BCUT2D eigenvalue weighted by molar-refractivity contribution is 9.09. The molecule has 37 heavy (non-hydrogen) atoms. The Hall–Kier alpha value is -2.23. The predicted molar refractivity (Wildman–Crippen MR) is 132 cm³/mol. The molecule has 0 bridgehead atoms. The van der Waals surface area contributed by atoms with E-state index in [-0.39, 0.29) is 48.7 Å². The topological polar surface area (TPSA) is 155 Å². The summed E-state index contributed by atoms with van der Waals surface area (Å²) in [6, 6.07) is 2.78. The van der Waals surface area contributed by atoms with Crippen molar-refractivity contribution in [2.45, 2.75) is 23.8 Å². The normalized spacial score (nSPS) is 17.9. The summed E-state index contributed by atoms with van der Waals surface area (Å²) in [7, 11) is -3.99. The van der Waals surface area contributed by atoms with Gasteiger partial charge in [-0.25, -0.2) is 8.42 Å². The van der Waals surface area contributed by atoms with Gasteiger partial charge in [0.1, 0.15) is 6.04 Å². The van der Waals surface area contributed by atoms with Gasteiger partial charge in [0.25, 0.3) is 11.8 Å². The molecular weight excluding hydrogens is 576 g/mol. The lowest BCUT2D eigenvalue weighted by atomic mass is 10.0. The summed E-state index contributed by atoms with van der Waals surface area (Å²) >= 11 is 3.26. The minimum atomic E-state index is -3.99. The average Bonchev–Trinajstić information content (AvgIpc) is 3.12. The number of ether oxygens (including phenoxy) is 4. The number of piperidine rings is 1. The zero-order valence-electron chi connectivity index (χ0n) is 20.1. The SMILES string of the molecule is O=C1CCC(N2C(=O)c3cccc(S(=O)(=O)CCOCCOCCOCCOCCBr)c3C2=O)C(=O)N1. The molecule has 0 radical (unpaired) electrons. The number of amides is 4. The van der Waals surface area contributed by atoms with Crippen molar-refractivity contribution < 1.29 is 46.5 Å². The number of rotatable bonds is 16. The van der Waals surface area contributed by atoms with Crippen molar-refractivity contribution in [1.82, 2.24) is 10.2 Å². The van der Waals surface area contributed by atoms with Gasteiger partial charge < -0.3 is 18.9 Å². The largest absolute Gasteiger partial charge is 0.378 e. The number of hydrogen-bond acceptors (Lipinski definition) is 10. The van der Waals surface area contributed by atoms with E-state index in [0.29, 0.717) is 33.0 Å². The third-order valence-electron chi connectivity index (χ3n) is 5.60. The summed E-state index contributed by atoms with van der Waals surface area (Å²) in [4.78, 5) is 50.1. The maximum absolute atomic E-state index is 13.1. The van der Waals surface area contributed by atoms with E-state index in [2.05, 4.69) is 21.2 Å². The van der Waals surface area contributed by atoms with Crippen molar-refractivity contribution in [1.29, 1.82) is 0 Å². The number of halogens is 1. The van der Waals surface area contributed by atoms with Crippen LogP contribution >= 0.6 is 15.9 Å². The molecule has 3 rings (SSSR count). The number of alkyl halides is 1. The van der Waals surface area contributed by atoms with Crippen molar-refractivity contribution in [2.24, 2.45) is 0 Å². The van der Waals surface area contributed by atoms with E-state index >= 15 is 0 Å². The van der Waals surface area contributed by atoms with Gasteiger partial charge in [0.15, 0.2) is 9.84 Å². The summed E-state index contributed by atoms with van der Waals surface area (Å²) in [6.45, 7) is 2.61. The summed E-state index contributed by atoms with van der Waals surface area (Å²) in [5, 5.41) is 2.87. The molecule has 0 spiro atoms. The molecule has 0 aliphatic carbocycles. The van der Waals surface area contributed by atoms with Crippen LogP contribution in [0.1, 0.15) is 33.6 Å². The molecule has 2 aliphatic heterocycles. The van der Waals surface area contributed by atoms with Crippen LogP contribution in [0.2, 0.25) is 0 Å². The Morgan fingerprint density at radius 3 is 2.05 bits per heavy atom. The standard InChI is InChI=1S/C23H29BrN2O10S/c24-6-7-33-8-9-34-10-11-35-12-13-36-14-15-37(31,32)18-3-1-2-16-20(18)23(30)26(22(16)29)17-4-5-19(27)25-21(17)28/h1-3,17H,4-15H2,(H,25,27,28). The highest BCUT2D eigenvalue weighted by Crippen LogP contribution is 2.32. The summed E-state index contributed by atoms with van der Waals surface area (Å²) < 4.78 is 47.3. The molecule has 1 N–H and O–H groups in total. The number of nitrogens with one attached hydrogen (secondary N) is 1. The Morgan fingerprint density at radius 2 is 1.46 bits per heavy atom. The van der Waals surface area contributed by atoms with Gasteiger partial charge in [-0.15, -0.1) is 0 Å². The van der Waals surface area contributed by atoms with Crippen LogP contribution in [0.4, 0.5) is 0 Å². The van der Waals surface area contributed by atoms with E-state index in [1.165, 1.54) is 18.2 Å². The van der Waals surface area contributed by atoms with Crippen LogP contribution in [-0.2, 0) is 38.4 Å². The molecular formula is C23H29BrN2O10S. The molecule has 2 heterocycles. The van der Waals surface area contributed by atoms with Gasteiger partial charge in [-0.3, -0.25) is 29.4 Å². The Balaban J connectivity index is 1.47. The van der Waals surface area contributed by atoms with Crippen molar-refractivity contribution in [3.63, 3.8) is 0 Å². The molecule has 0 aromatic heterocycles. The van der Waals surface area contributed by atoms with Crippen LogP contribution in [0.25, 0.3) is 0 Å². The van der Waals surface area contributed by atoms with Crippen molar-refractivity contribution >= 4 is 49.4 Å². The first-order chi connectivity index (χ1) is 17.8. The molecule has 1 atom stereocenters. The molecule has 1 saturated heterocycles. The van der Waals surface area contributed by atoms with Gasteiger partial charge in [0, 0.05) is 11.8 Å². The maximum atomic E-state index is 13.1. The van der Waals surface area contributed by atoms with Crippen LogP contribution < -0.4 is 5.32 Å². The molecule has 4 amide bonds. The molecule has 1 unspecified atom stereocenters. The minimum absolute atomic E-state index is 0.0218. The number of nitrogens with zero attached hydrogens (tertiary/aromatic N) is 1. The summed E-state index contributed by atoms with van der Waals surface area (Å²) in [5.74, 6) is -3.32. The quantitative estimate of drug-likeness (QED) is 0.158. The first kappa shape index (κ1) is 29.3. The molecule has 12 nitrogen and oxygen atoms in total. The Labute approximate surface area is 223 Å². The van der Waals surface area contributed by atoms with E-state index in [0.717, 1.165) is 10.2 Å².